The summed E-state index contributed by atoms with van der Waals surface area (Å²) in [6, 6.07) is 13.6. The lowest BCUT2D eigenvalue weighted by Gasteiger charge is -2.21. The standard InChI is InChI=1S/C22H29NO3/c1-6-21(26-20-11-8-15(3)16(4)14-20)22(24)23-17(5)18-9-12-19(13-10-18)25-7-2/h8-14,17,21H,6-7H2,1-5H3,(H,23,24). The lowest BCUT2D eigenvalue weighted by Crippen LogP contribution is -2.39. The Balaban J connectivity index is 1.99. The fourth-order valence-corrected chi connectivity index (χ4v) is 2.68. The van der Waals surface area contributed by atoms with E-state index < -0.39 is 6.10 Å². The van der Waals surface area contributed by atoms with Gasteiger partial charge in [-0.1, -0.05) is 25.1 Å². The second-order valence-electron chi connectivity index (χ2n) is 6.49. The summed E-state index contributed by atoms with van der Waals surface area (Å²) in [5, 5.41) is 3.04. The van der Waals surface area contributed by atoms with Crippen molar-refractivity contribution in [2.24, 2.45) is 0 Å². The van der Waals surface area contributed by atoms with E-state index in [1.807, 2.05) is 70.2 Å². The van der Waals surface area contributed by atoms with Gasteiger partial charge in [0.1, 0.15) is 11.5 Å². The van der Waals surface area contributed by atoms with Crippen LogP contribution in [0.5, 0.6) is 11.5 Å². The van der Waals surface area contributed by atoms with Crippen LogP contribution in [0.4, 0.5) is 0 Å². The monoisotopic (exact) mass is 355 g/mol. The number of amides is 1. The highest BCUT2D eigenvalue weighted by Crippen LogP contribution is 2.20. The average Bonchev–Trinajstić information content (AvgIpc) is 2.63. The van der Waals surface area contributed by atoms with E-state index in [0.717, 1.165) is 22.6 Å². The minimum absolute atomic E-state index is 0.101. The summed E-state index contributed by atoms with van der Waals surface area (Å²) in [6.45, 7) is 10.6. The lowest BCUT2D eigenvalue weighted by atomic mass is 10.1. The first-order valence-corrected chi connectivity index (χ1v) is 9.21. The molecule has 4 nitrogen and oxygen atoms in total. The number of hydrogen-bond donors (Lipinski definition) is 1. The summed E-state index contributed by atoms with van der Waals surface area (Å²) < 4.78 is 11.4. The normalized spacial score (nSPS) is 13.0. The van der Waals surface area contributed by atoms with E-state index in [1.165, 1.54) is 5.56 Å². The molecule has 2 aromatic rings. The molecule has 2 aromatic carbocycles. The minimum atomic E-state index is -0.512. The molecule has 0 saturated heterocycles. The molecule has 1 N–H and O–H groups in total. The van der Waals surface area contributed by atoms with E-state index in [0.29, 0.717) is 13.0 Å². The van der Waals surface area contributed by atoms with Gasteiger partial charge in [-0.25, -0.2) is 0 Å². The maximum absolute atomic E-state index is 12.6. The van der Waals surface area contributed by atoms with Crippen LogP contribution >= 0.6 is 0 Å². The summed E-state index contributed by atoms with van der Waals surface area (Å²) in [7, 11) is 0. The number of rotatable bonds is 8. The van der Waals surface area contributed by atoms with Crippen LogP contribution in [-0.4, -0.2) is 18.6 Å². The zero-order valence-corrected chi connectivity index (χ0v) is 16.3. The lowest BCUT2D eigenvalue weighted by molar-refractivity contribution is -0.128. The van der Waals surface area contributed by atoms with Crippen molar-refractivity contribution >= 4 is 5.91 Å². The first-order chi connectivity index (χ1) is 12.4. The molecule has 0 radical (unpaired) electrons. The van der Waals surface area contributed by atoms with Gasteiger partial charge in [-0.3, -0.25) is 4.79 Å². The van der Waals surface area contributed by atoms with Gasteiger partial charge in [0, 0.05) is 0 Å². The predicted octanol–water partition coefficient (Wildman–Crippen LogP) is 4.74. The number of aryl methyl sites for hydroxylation is 2. The van der Waals surface area contributed by atoms with Gasteiger partial charge >= 0.3 is 0 Å². The molecule has 0 aliphatic heterocycles. The van der Waals surface area contributed by atoms with Gasteiger partial charge in [0.25, 0.3) is 5.91 Å². The Morgan fingerprint density at radius 3 is 2.23 bits per heavy atom. The third-order valence-corrected chi connectivity index (χ3v) is 4.47. The van der Waals surface area contributed by atoms with Gasteiger partial charge in [-0.2, -0.15) is 0 Å². The fourth-order valence-electron chi connectivity index (χ4n) is 2.68. The molecule has 140 valence electrons. The molecule has 0 aromatic heterocycles. The number of ether oxygens (including phenoxy) is 2. The van der Waals surface area contributed by atoms with Crippen LogP contribution in [0, 0.1) is 13.8 Å². The molecule has 2 rings (SSSR count). The Kier molecular flexibility index (Phi) is 7.07. The van der Waals surface area contributed by atoms with Crippen LogP contribution in [0.3, 0.4) is 0 Å². The molecule has 0 aliphatic rings. The Morgan fingerprint density at radius 2 is 1.65 bits per heavy atom. The van der Waals surface area contributed by atoms with Crippen LogP contribution < -0.4 is 14.8 Å². The molecule has 0 spiro atoms. The van der Waals surface area contributed by atoms with E-state index in [1.54, 1.807) is 0 Å². The van der Waals surface area contributed by atoms with Crippen LogP contribution in [0.25, 0.3) is 0 Å². The Labute approximate surface area is 156 Å². The van der Waals surface area contributed by atoms with Crippen molar-refractivity contribution < 1.29 is 14.3 Å². The first kappa shape index (κ1) is 19.8. The molecule has 0 saturated carbocycles. The van der Waals surface area contributed by atoms with Gasteiger partial charge in [0.05, 0.1) is 12.6 Å². The molecule has 0 heterocycles. The van der Waals surface area contributed by atoms with Crippen molar-refractivity contribution in [1.29, 1.82) is 0 Å². The van der Waals surface area contributed by atoms with Crippen LogP contribution in [0.2, 0.25) is 0 Å². The van der Waals surface area contributed by atoms with E-state index in [9.17, 15) is 4.79 Å². The van der Waals surface area contributed by atoms with Crippen molar-refractivity contribution in [3.05, 3.63) is 59.2 Å². The highest BCUT2D eigenvalue weighted by Gasteiger charge is 2.21. The molecule has 1 amide bonds. The van der Waals surface area contributed by atoms with Crippen molar-refractivity contribution in [3.8, 4) is 11.5 Å². The van der Waals surface area contributed by atoms with E-state index >= 15 is 0 Å². The highest BCUT2D eigenvalue weighted by atomic mass is 16.5. The number of nitrogens with one attached hydrogen (secondary N) is 1. The third kappa shape index (κ3) is 5.25. The molecular weight excluding hydrogens is 326 g/mol. The molecule has 2 atom stereocenters. The second kappa shape index (κ2) is 9.27. The molecular formula is C22H29NO3. The van der Waals surface area contributed by atoms with E-state index in [-0.39, 0.29) is 11.9 Å². The molecule has 4 heteroatoms. The molecule has 0 fully saturated rings. The smallest absolute Gasteiger partial charge is 0.261 e. The summed E-state index contributed by atoms with van der Waals surface area (Å²) in [5.74, 6) is 1.45. The third-order valence-electron chi connectivity index (χ3n) is 4.47. The summed E-state index contributed by atoms with van der Waals surface area (Å²) >= 11 is 0. The fraction of sp³-hybridized carbons (Fsp3) is 0.409. The van der Waals surface area contributed by atoms with E-state index in [2.05, 4.69) is 12.2 Å². The zero-order valence-electron chi connectivity index (χ0n) is 16.3. The van der Waals surface area contributed by atoms with Crippen molar-refractivity contribution in [3.63, 3.8) is 0 Å². The summed E-state index contributed by atoms with van der Waals surface area (Å²) in [5.41, 5.74) is 3.39. The molecule has 0 aliphatic carbocycles. The van der Waals surface area contributed by atoms with Crippen molar-refractivity contribution in [1.82, 2.24) is 5.32 Å². The highest BCUT2D eigenvalue weighted by molar-refractivity contribution is 5.81. The average molecular weight is 355 g/mol. The molecule has 0 bridgehead atoms. The Morgan fingerprint density at radius 1 is 1.00 bits per heavy atom. The number of carbonyl (C=O) groups excluding carboxylic acids is 1. The SMILES string of the molecule is CCOc1ccc(C(C)NC(=O)C(CC)Oc2ccc(C)c(C)c2)cc1. The van der Waals surface area contributed by atoms with E-state index in [4.69, 9.17) is 9.47 Å². The van der Waals surface area contributed by atoms with Crippen molar-refractivity contribution in [2.75, 3.05) is 6.61 Å². The van der Waals surface area contributed by atoms with Gasteiger partial charge < -0.3 is 14.8 Å². The minimum Gasteiger partial charge on any atom is -0.494 e. The Hall–Kier alpha value is -2.49. The summed E-state index contributed by atoms with van der Waals surface area (Å²) in [6.07, 6.45) is 0.0941. The number of benzene rings is 2. The van der Waals surface area contributed by atoms with Gasteiger partial charge in [0.15, 0.2) is 6.10 Å². The molecule has 2 unspecified atom stereocenters. The second-order valence-corrected chi connectivity index (χ2v) is 6.49. The zero-order chi connectivity index (χ0) is 19.1. The van der Waals surface area contributed by atoms with Gasteiger partial charge in [0.2, 0.25) is 0 Å². The maximum atomic E-state index is 12.6. The predicted molar refractivity (Wildman–Crippen MR) is 105 cm³/mol. The Bertz CT molecular complexity index is 725. The summed E-state index contributed by atoms with van der Waals surface area (Å²) in [4.78, 5) is 12.6. The van der Waals surface area contributed by atoms with Gasteiger partial charge in [-0.15, -0.1) is 0 Å². The van der Waals surface area contributed by atoms with Crippen LogP contribution in [-0.2, 0) is 4.79 Å². The number of hydrogen-bond acceptors (Lipinski definition) is 3. The largest absolute Gasteiger partial charge is 0.494 e. The van der Waals surface area contributed by atoms with Crippen LogP contribution in [0.1, 0.15) is 49.9 Å². The topological polar surface area (TPSA) is 47.6 Å². The maximum Gasteiger partial charge on any atom is 0.261 e. The van der Waals surface area contributed by atoms with Crippen molar-refractivity contribution in [2.45, 2.75) is 53.2 Å². The quantitative estimate of drug-likeness (QED) is 0.744. The van der Waals surface area contributed by atoms with Gasteiger partial charge in [-0.05, 0) is 75.1 Å². The number of carbonyl (C=O) groups is 1. The first-order valence-electron chi connectivity index (χ1n) is 9.21. The van der Waals surface area contributed by atoms with Crippen LogP contribution in [0.15, 0.2) is 42.5 Å². The molecule has 26 heavy (non-hydrogen) atoms.